The van der Waals surface area contributed by atoms with Crippen LogP contribution in [0.4, 0.5) is 0 Å². The Labute approximate surface area is 184 Å². The van der Waals surface area contributed by atoms with E-state index in [1.54, 1.807) is 0 Å². The van der Waals surface area contributed by atoms with Crippen LogP contribution in [0, 0.1) is 0 Å². The first-order valence-electron chi connectivity index (χ1n) is 8.16. The van der Waals surface area contributed by atoms with Crippen LogP contribution in [0.15, 0.2) is 54.6 Å². The molecule has 0 fully saturated rings. The van der Waals surface area contributed by atoms with Gasteiger partial charge in [0.1, 0.15) is 0 Å². The van der Waals surface area contributed by atoms with Crippen LogP contribution in [-0.4, -0.2) is 8.07 Å². The average Bonchev–Trinajstić information content (AvgIpc) is 2.90. The molecule has 0 aromatic heterocycles. The van der Waals surface area contributed by atoms with Crippen molar-refractivity contribution >= 4 is 24.0 Å². The molecule has 4 heteroatoms. The molecular weight excluding hydrogens is 442 g/mol. The van der Waals surface area contributed by atoms with Crippen molar-refractivity contribution in [2.75, 3.05) is 0 Å². The fourth-order valence-corrected chi connectivity index (χ4v) is 4.16. The molecule has 0 saturated carbocycles. The summed E-state index contributed by atoms with van der Waals surface area (Å²) in [5, 5.41) is 4.26. The SMILES string of the molecule is CC(C)c1cc2c(-c3ccc([Si](C)(C)C)cc3)cccc2[cH-]1.[Cl-].[Cl-].[Zr+3]. The van der Waals surface area contributed by atoms with Crippen molar-refractivity contribution in [2.45, 2.75) is 39.4 Å². The van der Waals surface area contributed by atoms with Gasteiger partial charge >= 0.3 is 26.2 Å². The van der Waals surface area contributed by atoms with Crippen molar-refractivity contribution in [1.82, 2.24) is 0 Å². The molecule has 0 nitrogen and oxygen atoms in total. The molecule has 0 heterocycles. The van der Waals surface area contributed by atoms with E-state index in [1.165, 1.54) is 32.6 Å². The predicted molar refractivity (Wildman–Crippen MR) is 102 cm³/mol. The third-order valence-electron chi connectivity index (χ3n) is 4.50. The van der Waals surface area contributed by atoms with Crippen molar-refractivity contribution in [1.29, 1.82) is 0 Å². The number of benzene rings is 2. The summed E-state index contributed by atoms with van der Waals surface area (Å²) < 4.78 is 0. The molecule has 0 N–H and O–H groups in total. The van der Waals surface area contributed by atoms with Gasteiger partial charge in [-0.2, -0.15) is 6.07 Å². The molecule has 25 heavy (non-hydrogen) atoms. The summed E-state index contributed by atoms with van der Waals surface area (Å²) in [4.78, 5) is 0. The minimum Gasteiger partial charge on any atom is -1.00 e. The third kappa shape index (κ3) is 5.36. The molecule has 0 aliphatic heterocycles. The van der Waals surface area contributed by atoms with Crippen molar-refractivity contribution in [3.05, 3.63) is 60.2 Å². The molecule has 0 spiro atoms. The first-order valence-corrected chi connectivity index (χ1v) is 11.7. The van der Waals surface area contributed by atoms with Gasteiger partial charge in [-0.05, 0) is 11.5 Å². The van der Waals surface area contributed by atoms with Crippen LogP contribution < -0.4 is 30.0 Å². The Balaban J connectivity index is 0.00000192. The van der Waals surface area contributed by atoms with Crippen molar-refractivity contribution in [3.8, 4) is 11.1 Å². The zero-order valence-corrected chi connectivity index (χ0v) is 20.5. The predicted octanol–water partition coefficient (Wildman–Crippen LogP) is -0.100. The standard InChI is InChI=1S/C21H25Si.2ClH.Zr/c1-15(2)18-13-17-7-6-8-20(21(17)14-18)16-9-11-19(12-10-16)22(3,4)5;;;/h6-15H,1-5H3;2*1H;/q-1;;;+3/p-2. The van der Waals surface area contributed by atoms with Gasteiger partial charge in [0.25, 0.3) is 0 Å². The van der Waals surface area contributed by atoms with E-state index in [1.807, 2.05) is 0 Å². The molecule has 0 amide bonds. The second-order valence-electron chi connectivity index (χ2n) is 7.58. The number of rotatable bonds is 3. The Kier molecular flexibility index (Phi) is 9.50. The fourth-order valence-electron chi connectivity index (χ4n) is 2.99. The summed E-state index contributed by atoms with van der Waals surface area (Å²) in [6.07, 6.45) is 0. The Morgan fingerprint density at radius 3 is 2.00 bits per heavy atom. The van der Waals surface area contributed by atoms with Crippen molar-refractivity contribution < 1.29 is 51.0 Å². The summed E-state index contributed by atoms with van der Waals surface area (Å²) in [5.74, 6) is 0.578. The normalized spacial score (nSPS) is 10.8. The first-order chi connectivity index (χ1) is 10.4. The van der Waals surface area contributed by atoms with Crippen LogP contribution in [0.2, 0.25) is 19.6 Å². The van der Waals surface area contributed by atoms with Crippen molar-refractivity contribution in [3.63, 3.8) is 0 Å². The fraction of sp³-hybridized carbons (Fsp3) is 0.286. The van der Waals surface area contributed by atoms with Gasteiger partial charge < -0.3 is 24.8 Å². The maximum absolute atomic E-state index is 2.40. The monoisotopic (exact) mass is 465 g/mol. The summed E-state index contributed by atoms with van der Waals surface area (Å²) in [6, 6.07) is 20.6. The Bertz CT molecular complexity index is 799. The molecule has 3 aromatic carbocycles. The van der Waals surface area contributed by atoms with E-state index >= 15 is 0 Å². The molecule has 131 valence electrons. The van der Waals surface area contributed by atoms with Gasteiger partial charge in [0, 0.05) is 0 Å². The van der Waals surface area contributed by atoms with E-state index < -0.39 is 8.07 Å². The van der Waals surface area contributed by atoms with E-state index in [4.69, 9.17) is 0 Å². The van der Waals surface area contributed by atoms with Crippen LogP contribution >= 0.6 is 0 Å². The Morgan fingerprint density at radius 2 is 1.48 bits per heavy atom. The quantitative estimate of drug-likeness (QED) is 0.373. The molecule has 3 aromatic rings. The smallest absolute Gasteiger partial charge is 1.00 e. The Hall–Kier alpha value is -0.270. The average molecular weight is 468 g/mol. The molecule has 0 aliphatic carbocycles. The van der Waals surface area contributed by atoms with Gasteiger partial charge in [-0.15, -0.1) is 34.5 Å². The summed E-state index contributed by atoms with van der Waals surface area (Å²) in [7, 11) is -1.22. The number of fused-ring (bicyclic) bond motifs is 1. The van der Waals surface area contributed by atoms with Crippen molar-refractivity contribution in [2.24, 2.45) is 0 Å². The van der Waals surface area contributed by atoms with Gasteiger partial charge in [0.05, 0.1) is 8.07 Å². The summed E-state index contributed by atoms with van der Waals surface area (Å²) in [6.45, 7) is 11.7. The van der Waals surface area contributed by atoms with E-state index in [0.29, 0.717) is 5.92 Å². The van der Waals surface area contributed by atoms with Crippen LogP contribution in [0.3, 0.4) is 0 Å². The Morgan fingerprint density at radius 1 is 0.880 bits per heavy atom. The zero-order valence-electron chi connectivity index (χ0n) is 15.5. The van der Waals surface area contributed by atoms with E-state index in [9.17, 15) is 0 Å². The number of hydrogen-bond donors (Lipinski definition) is 0. The van der Waals surface area contributed by atoms with Crippen LogP contribution in [0.25, 0.3) is 21.9 Å². The van der Waals surface area contributed by atoms with Gasteiger partial charge in [-0.3, -0.25) is 0 Å². The maximum Gasteiger partial charge on any atom is 3.00 e. The molecule has 0 atom stereocenters. The first kappa shape index (κ1) is 24.7. The van der Waals surface area contributed by atoms with Crippen LogP contribution in [0.5, 0.6) is 0 Å². The summed E-state index contributed by atoms with van der Waals surface area (Å²) in [5.41, 5.74) is 4.11. The van der Waals surface area contributed by atoms with Crippen LogP contribution in [0.1, 0.15) is 25.3 Å². The molecule has 0 saturated heterocycles. The molecule has 3 rings (SSSR count). The minimum absolute atomic E-state index is 0. The van der Waals surface area contributed by atoms with E-state index in [2.05, 4.69) is 88.1 Å². The summed E-state index contributed by atoms with van der Waals surface area (Å²) >= 11 is 0. The number of hydrogen-bond acceptors (Lipinski definition) is 0. The number of halogens is 2. The molecule has 0 bridgehead atoms. The van der Waals surface area contributed by atoms with Gasteiger partial charge in [0.2, 0.25) is 0 Å². The molecule has 0 aliphatic rings. The van der Waals surface area contributed by atoms with E-state index in [-0.39, 0.29) is 51.0 Å². The van der Waals surface area contributed by atoms with E-state index in [0.717, 1.165) is 0 Å². The maximum atomic E-state index is 2.40. The topological polar surface area (TPSA) is 0 Å². The minimum atomic E-state index is -1.22. The molecule has 1 radical (unpaired) electrons. The molecule has 0 unspecified atom stereocenters. The third-order valence-corrected chi connectivity index (χ3v) is 6.57. The zero-order chi connectivity index (χ0) is 15.9. The largest absolute Gasteiger partial charge is 3.00 e. The van der Waals surface area contributed by atoms with Gasteiger partial charge in [-0.25, -0.2) is 0 Å². The van der Waals surface area contributed by atoms with Crippen LogP contribution in [-0.2, 0) is 26.2 Å². The van der Waals surface area contributed by atoms with Gasteiger partial charge in [0.15, 0.2) is 0 Å². The second kappa shape index (κ2) is 9.60. The molecular formula is C21H25Cl2SiZr. The van der Waals surface area contributed by atoms with Gasteiger partial charge in [-0.1, -0.05) is 74.6 Å². The second-order valence-corrected chi connectivity index (χ2v) is 12.7.